The molecule has 4 rings (SSSR count). The van der Waals surface area contributed by atoms with Crippen molar-refractivity contribution in [2.24, 2.45) is 5.92 Å². The van der Waals surface area contributed by atoms with E-state index in [2.05, 4.69) is 9.58 Å². The summed E-state index contributed by atoms with van der Waals surface area (Å²) in [4.78, 5) is 15.2. The third-order valence-electron chi connectivity index (χ3n) is 5.86. The highest BCUT2D eigenvalue weighted by atomic mass is 16.5. The van der Waals surface area contributed by atoms with E-state index in [1.165, 1.54) is 11.3 Å². The first-order chi connectivity index (χ1) is 12.8. The fourth-order valence-electron chi connectivity index (χ4n) is 4.46. The Morgan fingerprint density at radius 2 is 2.08 bits per heavy atom. The van der Waals surface area contributed by atoms with E-state index in [0.29, 0.717) is 26.4 Å². The van der Waals surface area contributed by atoms with E-state index in [9.17, 15) is 4.79 Å². The van der Waals surface area contributed by atoms with Gasteiger partial charge in [-0.05, 0) is 25.7 Å². The first kappa shape index (κ1) is 17.9. The molecule has 2 fully saturated rings. The zero-order chi connectivity index (χ0) is 17.9. The minimum Gasteiger partial charge on any atom is -0.383 e. The standard InChI is InChI=1S/C19H29N3O4/c1-24-12-8-22-16-6-11-26-13-15(16)18(20-22)17-3-2-7-21(17)19(23)14-4-9-25-10-5-14/h14,17H,2-13H2,1H3. The summed E-state index contributed by atoms with van der Waals surface area (Å²) in [6, 6.07) is 0.0876. The molecule has 1 atom stereocenters. The maximum absolute atomic E-state index is 13.1. The van der Waals surface area contributed by atoms with Crippen molar-refractivity contribution in [3.63, 3.8) is 0 Å². The van der Waals surface area contributed by atoms with Crippen LogP contribution >= 0.6 is 0 Å². The van der Waals surface area contributed by atoms with Crippen molar-refractivity contribution in [2.75, 3.05) is 40.1 Å². The lowest BCUT2D eigenvalue weighted by Crippen LogP contribution is -2.38. The lowest BCUT2D eigenvalue weighted by Gasteiger charge is -2.30. The number of likely N-dealkylation sites (tertiary alicyclic amines) is 1. The highest BCUT2D eigenvalue weighted by Gasteiger charge is 2.38. The van der Waals surface area contributed by atoms with Crippen molar-refractivity contribution in [2.45, 2.75) is 51.3 Å². The highest BCUT2D eigenvalue weighted by molar-refractivity contribution is 5.79. The highest BCUT2D eigenvalue weighted by Crippen LogP contribution is 2.37. The number of rotatable bonds is 5. The largest absolute Gasteiger partial charge is 0.383 e. The fourth-order valence-corrected chi connectivity index (χ4v) is 4.46. The second-order valence-electron chi connectivity index (χ2n) is 7.41. The first-order valence-electron chi connectivity index (χ1n) is 9.83. The van der Waals surface area contributed by atoms with E-state index in [0.717, 1.165) is 57.5 Å². The molecule has 4 heterocycles. The average Bonchev–Trinajstić information content (AvgIpc) is 3.31. The quantitative estimate of drug-likeness (QED) is 0.797. The smallest absolute Gasteiger partial charge is 0.226 e. The van der Waals surface area contributed by atoms with E-state index < -0.39 is 0 Å². The Kier molecular flexibility index (Phi) is 5.57. The Bertz CT molecular complexity index is 639. The summed E-state index contributed by atoms with van der Waals surface area (Å²) in [7, 11) is 1.71. The number of hydrogen-bond acceptors (Lipinski definition) is 5. The predicted octanol–water partition coefficient (Wildman–Crippen LogP) is 1.69. The van der Waals surface area contributed by atoms with Crippen LogP contribution in [0.1, 0.15) is 48.7 Å². The van der Waals surface area contributed by atoms with Gasteiger partial charge in [-0.3, -0.25) is 9.48 Å². The fraction of sp³-hybridized carbons (Fsp3) is 0.789. The van der Waals surface area contributed by atoms with Crippen LogP contribution in [0, 0.1) is 5.92 Å². The maximum Gasteiger partial charge on any atom is 0.226 e. The predicted molar refractivity (Wildman–Crippen MR) is 94.7 cm³/mol. The summed E-state index contributed by atoms with van der Waals surface area (Å²) in [6.45, 7) is 4.96. The maximum atomic E-state index is 13.1. The molecule has 3 aliphatic rings. The monoisotopic (exact) mass is 363 g/mol. The molecule has 0 aromatic carbocycles. The van der Waals surface area contributed by atoms with Crippen molar-refractivity contribution in [1.82, 2.24) is 14.7 Å². The molecule has 0 aliphatic carbocycles. The first-order valence-corrected chi connectivity index (χ1v) is 9.83. The van der Waals surface area contributed by atoms with Crippen LogP contribution in [0.15, 0.2) is 0 Å². The molecule has 2 saturated heterocycles. The molecule has 26 heavy (non-hydrogen) atoms. The number of methoxy groups -OCH3 is 1. The van der Waals surface area contributed by atoms with Gasteiger partial charge in [0.25, 0.3) is 0 Å². The summed E-state index contributed by atoms with van der Waals surface area (Å²) in [5.41, 5.74) is 3.51. The van der Waals surface area contributed by atoms with E-state index in [-0.39, 0.29) is 17.9 Å². The van der Waals surface area contributed by atoms with Crippen LogP contribution in [0.3, 0.4) is 0 Å². The van der Waals surface area contributed by atoms with E-state index >= 15 is 0 Å². The summed E-state index contributed by atoms with van der Waals surface area (Å²) in [6.07, 6.45) is 4.59. The van der Waals surface area contributed by atoms with Gasteiger partial charge in [0.15, 0.2) is 0 Å². The second kappa shape index (κ2) is 8.06. The molecular weight excluding hydrogens is 334 g/mol. The molecule has 0 radical (unpaired) electrons. The van der Waals surface area contributed by atoms with Gasteiger partial charge in [0.1, 0.15) is 0 Å². The lowest BCUT2D eigenvalue weighted by molar-refractivity contribution is -0.139. The molecule has 7 nitrogen and oxygen atoms in total. The summed E-state index contributed by atoms with van der Waals surface area (Å²) in [5, 5.41) is 4.93. The third kappa shape index (κ3) is 3.40. The molecule has 144 valence electrons. The molecule has 0 saturated carbocycles. The Balaban J connectivity index is 1.59. The Morgan fingerprint density at radius 3 is 2.88 bits per heavy atom. The van der Waals surface area contributed by atoms with Gasteiger partial charge in [0, 0.05) is 50.5 Å². The SMILES string of the molecule is COCCn1nc(C2CCCN2C(=O)C2CCOCC2)c2c1CCOC2. The Morgan fingerprint density at radius 1 is 1.23 bits per heavy atom. The third-order valence-corrected chi connectivity index (χ3v) is 5.86. The number of carbonyl (C=O) groups excluding carboxylic acids is 1. The molecular formula is C19H29N3O4. The van der Waals surface area contributed by atoms with Crippen molar-refractivity contribution in [1.29, 1.82) is 0 Å². The van der Waals surface area contributed by atoms with E-state index in [1.807, 2.05) is 0 Å². The second-order valence-corrected chi connectivity index (χ2v) is 7.41. The van der Waals surface area contributed by atoms with Gasteiger partial charge in [0.05, 0.1) is 38.1 Å². The van der Waals surface area contributed by atoms with Crippen LogP contribution in [0.4, 0.5) is 0 Å². The van der Waals surface area contributed by atoms with Crippen LogP contribution < -0.4 is 0 Å². The number of carbonyl (C=O) groups is 1. The Labute approximate surface area is 154 Å². The van der Waals surface area contributed by atoms with Crippen molar-refractivity contribution in [3.05, 3.63) is 17.0 Å². The number of ether oxygens (including phenoxy) is 3. The molecule has 0 bridgehead atoms. The van der Waals surface area contributed by atoms with Crippen LogP contribution in [0.2, 0.25) is 0 Å². The minimum absolute atomic E-state index is 0.0876. The lowest BCUT2D eigenvalue weighted by atomic mass is 9.97. The van der Waals surface area contributed by atoms with Gasteiger partial charge in [0.2, 0.25) is 5.91 Å². The Hall–Kier alpha value is -1.44. The number of nitrogens with zero attached hydrogens (tertiary/aromatic N) is 3. The molecule has 1 aromatic heterocycles. The topological polar surface area (TPSA) is 65.8 Å². The van der Waals surface area contributed by atoms with E-state index in [4.69, 9.17) is 19.3 Å². The van der Waals surface area contributed by atoms with Gasteiger partial charge in [-0.25, -0.2) is 0 Å². The van der Waals surface area contributed by atoms with Gasteiger partial charge >= 0.3 is 0 Å². The number of fused-ring (bicyclic) bond motifs is 1. The van der Waals surface area contributed by atoms with Crippen molar-refractivity contribution in [3.8, 4) is 0 Å². The van der Waals surface area contributed by atoms with Crippen LogP contribution in [-0.4, -0.2) is 60.7 Å². The molecule has 1 aromatic rings. The number of hydrogen-bond donors (Lipinski definition) is 0. The van der Waals surface area contributed by atoms with Crippen LogP contribution in [0.25, 0.3) is 0 Å². The van der Waals surface area contributed by atoms with Crippen molar-refractivity contribution >= 4 is 5.91 Å². The summed E-state index contributed by atoms with van der Waals surface area (Å²) < 4.78 is 18.5. The minimum atomic E-state index is 0.0876. The van der Waals surface area contributed by atoms with Crippen LogP contribution in [-0.2, 0) is 38.6 Å². The summed E-state index contributed by atoms with van der Waals surface area (Å²) >= 11 is 0. The van der Waals surface area contributed by atoms with Gasteiger partial charge in [-0.15, -0.1) is 0 Å². The average molecular weight is 363 g/mol. The molecule has 1 amide bonds. The van der Waals surface area contributed by atoms with Gasteiger partial charge < -0.3 is 19.1 Å². The molecule has 3 aliphatic heterocycles. The normalized spacial score (nSPS) is 24.0. The number of amides is 1. The van der Waals surface area contributed by atoms with Crippen LogP contribution in [0.5, 0.6) is 0 Å². The molecule has 7 heteroatoms. The summed E-state index contributed by atoms with van der Waals surface area (Å²) in [5.74, 6) is 0.389. The van der Waals surface area contributed by atoms with Crippen molar-refractivity contribution < 1.29 is 19.0 Å². The molecule has 0 spiro atoms. The number of aromatic nitrogens is 2. The van der Waals surface area contributed by atoms with Gasteiger partial charge in [-0.2, -0.15) is 5.10 Å². The van der Waals surface area contributed by atoms with Gasteiger partial charge in [-0.1, -0.05) is 0 Å². The zero-order valence-electron chi connectivity index (χ0n) is 15.6. The molecule has 1 unspecified atom stereocenters. The zero-order valence-corrected chi connectivity index (χ0v) is 15.6. The molecule has 0 N–H and O–H groups in total. The van der Waals surface area contributed by atoms with E-state index in [1.54, 1.807) is 7.11 Å².